The summed E-state index contributed by atoms with van der Waals surface area (Å²) in [5, 5.41) is 1.09. The number of esters is 1. The van der Waals surface area contributed by atoms with Crippen molar-refractivity contribution in [1.82, 2.24) is 9.88 Å². The quantitative estimate of drug-likeness (QED) is 0.276. The van der Waals surface area contributed by atoms with E-state index < -0.39 is 23.6 Å². The van der Waals surface area contributed by atoms with Gasteiger partial charge in [0.1, 0.15) is 11.6 Å². The first-order valence-electron chi connectivity index (χ1n) is 11.2. The predicted molar refractivity (Wildman–Crippen MR) is 127 cm³/mol. The average Bonchev–Trinajstić information content (AvgIpc) is 3.15. The van der Waals surface area contributed by atoms with E-state index in [9.17, 15) is 4.79 Å². The van der Waals surface area contributed by atoms with Gasteiger partial charge in [-0.1, -0.05) is 24.3 Å². The van der Waals surface area contributed by atoms with Crippen molar-refractivity contribution < 1.29 is 18.3 Å². The van der Waals surface area contributed by atoms with Crippen LogP contribution in [-0.2, 0) is 16.0 Å². The van der Waals surface area contributed by atoms with Crippen LogP contribution >= 0.6 is 0 Å². The van der Waals surface area contributed by atoms with E-state index >= 15 is 8.78 Å². The summed E-state index contributed by atoms with van der Waals surface area (Å²) in [5.41, 5.74) is 3.15. The number of fused-ring (bicyclic) bond motifs is 3. The second-order valence-electron chi connectivity index (χ2n) is 8.32. The highest BCUT2D eigenvalue weighted by Crippen LogP contribution is 2.42. The Hall–Kier alpha value is -3.25. The number of hydrogen-bond acceptors (Lipinski definition) is 3. The van der Waals surface area contributed by atoms with E-state index in [4.69, 9.17) is 4.74 Å². The van der Waals surface area contributed by atoms with Crippen LogP contribution in [0.2, 0.25) is 0 Å². The number of nitrogens with one attached hydrogen (secondary N) is 1. The molecule has 172 valence electrons. The van der Waals surface area contributed by atoms with Crippen LogP contribution in [0.25, 0.3) is 17.0 Å². The molecule has 0 saturated carbocycles. The number of benzene rings is 2. The SMILES string of the molecule is C=CCCN1[C@H](c2c(F)cc(/C=C/C(=O)OCC)cc2F)c2[nH]c3ccccc3c2C[C@H]1C. The maximum absolute atomic E-state index is 15.5. The van der Waals surface area contributed by atoms with E-state index in [0.717, 1.165) is 28.6 Å². The molecule has 0 fully saturated rings. The van der Waals surface area contributed by atoms with Gasteiger partial charge < -0.3 is 9.72 Å². The molecule has 4 nitrogen and oxygen atoms in total. The van der Waals surface area contributed by atoms with Crippen molar-refractivity contribution in [3.63, 3.8) is 0 Å². The lowest BCUT2D eigenvalue weighted by atomic mass is 9.87. The fourth-order valence-corrected chi connectivity index (χ4v) is 4.72. The van der Waals surface area contributed by atoms with E-state index in [2.05, 4.69) is 23.4 Å². The number of carbonyl (C=O) groups excluding carboxylic acids is 1. The fraction of sp³-hybridized carbons (Fsp3) is 0.296. The smallest absolute Gasteiger partial charge is 0.330 e. The molecule has 0 amide bonds. The number of aromatic nitrogens is 1. The number of halogens is 2. The molecular formula is C27H28F2N2O2. The topological polar surface area (TPSA) is 45.3 Å². The number of para-hydroxylation sites is 1. The Morgan fingerprint density at radius 3 is 2.70 bits per heavy atom. The minimum absolute atomic E-state index is 0.00621. The van der Waals surface area contributed by atoms with Crippen LogP contribution in [0.15, 0.2) is 55.1 Å². The van der Waals surface area contributed by atoms with Gasteiger partial charge in [0.15, 0.2) is 0 Å². The lowest BCUT2D eigenvalue weighted by Crippen LogP contribution is -2.43. The Bertz CT molecular complexity index is 1190. The standard InChI is InChI=1S/C27H28F2N2O2/c1-4-6-13-31-17(3)14-20-19-9-7-8-10-23(19)30-26(20)27(31)25-21(28)15-18(16-22(25)29)11-12-24(32)33-5-2/h4,7-12,15-17,27,30H,1,5-6,13-14H2,2-3H3/b12-11+/t17-,27-/m1/s1. The first-order valence-corrected chi connectivity index (χ1v) is 11.2. The molecule has 1 aliphatic rings. The van der Waals surface area contributed by atoms with Gasteiger partial charge in [-0.05, 0) is 62.1 Å². The molecule has 33 heavy (non-hydrogen) atoms. The highest BCUT2D eigenvalue weighted by Gasteiger charge is 2.38. The second-order valence-corrected chi connectivity index (χ2v) is 8.32. The third-order valence-electron chi connectivity index (χ3n) is 6.18. The highest BCUT2D eigenvalue weighted by molar-refractivity contribution is 5.87. The Labute approximate surface area is 192 Å². The number of carbonyl (C=O) groups is 1. The minimum atomic E-state index is -0.647. The van der Waals surface area contributed by atoms with Crippen LogP contribution in [0, 0.1) is 11.6 Å². The van der Waals surface area contributed by atoms with Gasteiger partial charge in [-0.3, -0.25) is 4.90 Å². The van der Waals surface area contributed by atoms with Gasteiger partial charge in [0.2, 0.25) is 0 Å². The van der Waals surface area contributed by atoms with Gasteiger partial charge in [0, 0.05) is 40.8 Å². The average molecular weight is 451 g/mol. The molecule has 0 unspecified atom stereocenters. The van der Waals surface area contributed by atoms with Crippen LogP contribution < -0.4 is 0 Å². The predicted octanol–water partition coefficient (Wildman–Crippen LogP) is 5.93. The number of rotatable bonds is 7. The lowest BCUT2D eigenvalue weighted by molar-refractivity contribution is -0.137. The zero-order valence-electron chi connectivity index (χ0n) is 18.9. The third-order valence-corrected chi connectivity index (χ3v) is 6.18. The van der Waals surface area contributed by atoms with Crippen LogP contribution in [0.4, 0.5) is 8.78 Å². The number of ether oxygens (including phenoxy) is 1. The first kappa shape index (κ1) is 22.9. The summed E-state index contributed by atoms with van der Waals surface area (Å²) in [6.07, 6.45) is 5.85. The van der Waals surface area contributed by atoms with Crippen LogP contribution in [0.1, 0.15) is 48.7 Å². The normalized spacial score (nSPS) is 18.5. The van der Waals surface area contributed by atoms with Gasteiger partial charge in [-0.25, -0.2) is 13.6 Å². The van der Waals surface area contributed by atoms with Crippen molar-refractivity contribution in [2.45, 2.75) is 38.8 Å². The molecule has 1 aromatic heterocycles. The maximum Gasteiger partial charge on any atom is 0.330 e. The van der Waals surface area contributed by atoms with Gasteiger partial charge in [0.05, 0.1) is 12.6 Å². The Balaban J connectivity index is 1.82. The van der Waals surface area contributed by atoms with Crippen molar-refractivity contribution in [1.29, 1.82) is 0 Å². The van der Waals surface area contributed by atoms with Gasteiger partial charge in [0.25, 0.3) is 0 Å². The molecule has 0 radical (unpaired) electrons. The molecule has 1 aliphatic heterocycles. The van der Waals surface area contributed by atoms with Crippen LogP contribution in [0.5, 0.6) is 0 Å². The number of H-pyrrole nitrogens is 1. The van der Waals surface area contributed by atoms with Crippen molar-refractivity contribution in [2.24, 2.45) is 0 Å². The number of aromatic amines is 1. The highest BCUT2D eigenvalue weighted by atomic mass is 19.1. The summed E-state index contributed by atoms with van der Waals surface area (Å²) in [7, 11) is 0. The molecule has 2 aromatic carbocycles. The van der Waals surface area contributed by atoms with Gasteiger partial charge in [-0.2, -0.15) is 0 Å². The van der Waals surface area contributed by atoms with E-state index in [0.29, 0.717) is 13.0 Å². The van der Waals surface area contributed by atoms with E-state index in [1.807, 2.05) is 30.3 Å². The van der Waals surface area contributed by atoms with Crippen molar-refractivity contribution in [2.75, 3.05) is 13.2 Å². The van der Waals surface area contributed by atoms with E-state index in [1.54, 1.807) is 6.92 Å². The number of hydrogen-bond donors (Lipinski definition) is 1. The molecule has 1 N–H and O–H groups in total. The second kappa shape index (κ2) is 9.71. The van der Waals surface area contributed by atoms with Gasteiger partial charge in [-0.15, -0.1) is 6.58 Å². The fourth-order valence-electron chi connectivity index (χ4n) is 4.72. The van der Waals surface area contributed by atoms with Gasteiger partial charge >= 0.3 is 5.97 Å². The summed E-state index contributed by atoms with van der Waals surface area (Å²) >= 11 is 0. The lowest BCUT2D eigenvalue weighted by Gasteiger charge is -2.41. The summed E-state index contributed by atoms with van der Waals surface area (Å²) in [6, 6.07) is 9.98. The zero-order valence-corrected chi connectivity index (χ0v) is 18.9. The van der Waals surface area contributed by atoms with Crippen molar-refractivity contribution in [3.05, 3.63) is 89.1 Å². The molecule has 2 atom stereocenters. The maximum atomic E-state index is 15.5. The minimum Gasteiger partial charge on any atom is -0.463 e. The van der Waals surface area contributed by atoms with Crippen LogP contribution in [0.3, 0.4) is 0 Å². The van der Waals surface area contributed by atoms with Crippen molar-refractivity contribution >= 4 is 22.9 Å². The molecule has 3 aromatic rings. The summed E-state index contributed by atoms with van der Waals surface area (Å²) in [5.74, 6) is -1.85. The third kappa shape index (κ3) is 4.48. The zero-order chi connectivity index (χ0) is 23.5. The Morgan fingerprint density at radius 1 is 1.27 bits per heavy atom. The summed E-state index contributed by atoms with van der Waals surface area (Å²) in [6.45, 7) is 8.47. The van der Waals surface area contributed by atoms with E-state index in [1.165, 1.54) is 24.3 Å². The molecule has 0 bridgehead atoms. The summed E-state index contributed by atoms with van der Waals surface area (Å²) < 4.78 is 35.8. The Morgan fingerprint density at radius 2 is 2.00 bits per heavy atom. The van der Waals surface area contributed by atoms with Crippen molar-refractivity contribution in [3.8, 4) is 0 Å². The molecular weight excluding hydrogens is 422 g/mol. The first-order chi connectivity index (χ1) is 15.9. The molecule has 0 spiro atoms. The molecule has 0 aliphatic carbocycles. The van der Waals surface area contributed by atoms with E-state index in [-0.39, 0.29) is 23.8 Å². The Kier molecular flexibility index (Phi) is 6.75. The molecule has 6 heteroatoms. The number of nitrogens with zero attached hydrogens (tertiary/aromatic N) is 1. The molecule has 0 saturated heterocycles. The molecule has 2 heterocycles. The largest absolute Gasteiger partial charge is 0.463 e. The van der Waals surface area contributed by atoms with Crippen LogP contribution in [-0.4, -0.2) is 35.0 Å². The monoisotopic (exact) mass is 450 g/mol. The summed E-state index contributed by atoms with van der Waals surface area (Å²) in [4.78, 5) is 17.2. The molecule has 4 rings (SSSR count).